The van der Waals surface area contributed by atoms with Gasteiger partial charge in [0, 0.05) is 13.1 Å². The van der Waals surface area contributed by atoms with Crippen LogP contribution in [0.15, 0.2) is 21.4 Å². The van der Waals surface area contributed by atoms with Crippen LogP contribution in [0.3, 0.4) is 0 Å². The summed E-state index contributed by atoms with van der Waals surface area (Å²) in [6.45, 7) is 1.02. The van der Waals surface area contributed by atoms with Crippen LogP contribution < -0.4 is 0 Å². The minimum absolute atomic E-state index is 0.0952. The molecule has 1 atom stereocenters. The maximum Gasteiger partial charge on any atom is 0.258 e. The number of aliphatic hydroxyl groups is 1. The number of halogens is 1. The van der Waals surface area contributed by atoms with E-state index in [1.807, 2.05) is 0 Å². The van der Waals surface area contributed by atoms with Gasteiger partial charge >= 0.3 is 0 Å². The number of carbonyl (C=O) groups is 1. The van der Waals surface area contributed by atoms with Crippen LogP contribution >= 0.6 is 15.9 Å². The molecule has 0 saturated carbocycles. The van der Waals surface area contributed by atoms with Gasteiger partial charge in [0.1, 0.15) is 0 Å². The fraction of sp³-hybridized carbons (Fsp3) is 0.444. The van der Waals surface area contributed by atoms with Crippen LogP contribution in [-0.2, 0) is 0 Å². The Morgan fingerprint density at radius 1 is 1.71 bits per heavy atom. The normalized spacial score (nSPS) is 21.6. The third-order valence-electron chi connectivity index (χ3n) is 2.30. The van der Waals surface area contributed by atoms with E-state index < -0.39 is 0 Å². The molecule has 1 N–H and O–H groups in total. The first-order chi connectivity index (χ1) is 6.68. The summed E-state index contributed by atoms with van der Waals surface area (Å²) in [5.41, 5.74) is 0.513. The van der Waals surface area contributed by atoms with Crippen molar-refractivity contribution in [1.29, 1.82) is 0 Å². The summed E-state index contributed by atoms with van der Waals surface area (Å²) in [5, 5.41) is 9.29. The zero-order valence-corrected chi connectivity index (χ0v) is 9.03. The van der Waals surface area contributed by atoms with Gasteiger partial charge < -0.3 is 14.4 Å². The molecule has 1 saturated heterocycles. The molecule has 76 valence electrons. The topological polar surface area (TPSA) is 53.7 Å². The van der Waals surface area contributed by atoms with E-state index in [4.69, 9.17) is 4.42 Å². The van der Waals surface area contributed by atoms with Crippen molar-refractivity contribution < 1.29 is 14.3 Å². The van der Waals surface area contributed by atoms with E-state index in [-0.39, 0.29) is 12.0 Å². The van der Waals surface area contributed by atoms with E-state index in [0.717, 1.165) is 0 Å². The second-order valence-electron chi connectivity index (χ2n) is 3.30. The molecule has 14 heavy (non-hydrogen) atoms. The Hall–Kier alpha value is -0.810. The molecule has 1 aliphatic rings. The van der Waals surface area contributed by atoms with Gasteiger partial charge in [-0.05, 0) is 28.4 Å². The Morgan fingerprint density at radius 3 is 3.00 bits per heavy atom. The van der Waals surface area contributed by atoms with Crippen LogP contribution in [0.2, 0.25) is 0 Å². The molecular weight excluding hydrogens is 250 g/mol. The molecule has 1 aliphatic heterocycles. The lowest BCUT2D eigenvalue weighted by atomic mass is 10.3. The molecule has 5 heteroatoms. The molecule has 4 nitrogen and oxygen atoms in total. The molecule has 1 aromatic rings. The van der Waals surface area contributed by atoms with E-state index in [1.165, 1.54) is 6.26 Å². The number of rotatable bonds is 1. The van der Waals surface area contributed by atoms with Crippen LogP contribution in [0, 0.1) is 0 Å². The number of carbonyl (C=O) groups excluding carboxylic acids is 1. The summed E-state index contributed by atoms with van der Waals surface area (Å²) in [6, 6.07) is 1.62. The van der Waals surface area contributed by atoms with Gasteiger partial charge in [-0.3, -0.25) is 4.79 Å². The van der Waals surface area contributed by atoms with E-state index in [0.29, 0.717) is 29.7 Å². The summed E-state index contributed by atoms with van der Waals surface area (Å²) in [6.07, 6.45) is 1.73. The van der Waals surface area contributed by atoms with Gasteiger partial charge in [-0.2, -0.15) is 0 Å². The molecule has 0 spiro atoms. The summed E-state index contributed by atoms with van der Waals surface area (Å²) >= 11 is 3.15. The van der Waals surface area contributed by atoms with Gasteiger partial charge in [-0.15, -0.1) is 0 Å². The lowest BCUT2D eigenvalue weighted by Crippen LogP contribution is -2.29. The van der Waals surface area contributed by atoms with Gasteiger partial charge in [0.25, 0.3) is 5.91 Å². The van der Waals surface area contributed by atoms with E-state index in [9.17, 15) is 9.90 Å². The smallest absolute Gasteiger partial charge is 0.258 e. The molecule has 1 amide bonds. The number of aliphatic hydroxyl groups excluding tert-OH is 1. The molecule has 0 radical (unpaired) electrons. The summed E-state index contributed by atoms with van der Waals surface area (Å²) in [5.74, 6) is -0.0952. The van der Waals surface area contributed by atoms with Gasteiger partial charge in [0.15, 0.2) is 4.67 Å². The van der Waals surface area contributed by atoms with Crippen molar-refractivity contribution in [2.45, 2.75) is 12.5 Å². The zero-order valence-electron chi connectivity index (χ0n) is 7.44. The SMILES string of the molecule is O=C(c1ccoc1Br)N1CCC(O)C1. The highest BCUT2D eigenvalue weighted by Gasteiger charge is 2.27. The summed E-state index contributed by atoms with van der Waals surface area (Å²) in [7, 11) is 0. The van der Waals surface area contributed by atoms with E-state index in [2.05, 4.69) is 15.9 Å². The number of furan rings is 1. The maximum atomic E-state index is 11.8. The average molecular weight is 260 g/mol. The molecule has 1 aromatic heterocycles. The van der Waals surface area contributed by atoms with Gasteiger partial charge in [0.05, 0.1) is 17.9 Å². The van der Waals surface area contributed by atoms with Crippen molar-refractivity contribution in [3.8, 4) is 0 Å². The van der Waals surface area contributed by atoms with E-state index >= 15 is 0 Å². The van der Waals surface area contributed by atoms with Crippen molar-refractivity contribution in [1.82, 2.24) is 4.90 Å². The van der Waals surface area contributed by atoms with Crippen molar-refractivity contribution in [3.63, 3.8) is 0 Å². The second kappa shape index (κ2) is 3.74. The molecule has 2 rings (SSSR count). The quantitative estimate of drug-likeness (QED) is 0.826. The molecule has 1 unspecified atom stereocenters. The highest BCUT2D eigenvalue weighted by molar-refractivity contribution is 9.10. The predicted octanol–water partition coefficient (Wildman–Crippen LogP) is 1.25. The fourth-order valence-electron chi connectivity index (χ4n) is 1.54. The molecule has 2 heterocycles. The predicted molar refractivity (Wildman–Crippen MR) is 52.9 cm³/mol. The van der Waals surface area contributed by atoms with Crippen LogP contribution in [0.1, 0.15) is 16.8 Å². The minimum Gasteiger partial charge on any atom is -0.457 e. The first-order valence-corrected chi connectivity index (χ1v) is 5.18. The first kappa shape index (κ1) is 9.73. The highest BCUT2D eigenvalue weighted by atomic mass is 79.9. The van der Waals surface area contributed by atoms with Crippen molar-refractivity contribution in [3.05, 3.63) is 22.6 Å². The van der Waals surface area contributed by atoms with Crippen LogP contribution in [0.25, 0.3) is 0 Å². The monoisotopic (exact) mass is 259 g/mol. The third-order valence-corrected chi connectivity index (χ3v) is 2.91. The summed E-state index contributed by atoms with van der Waals surface area (Å²) in [4.78, 5) is 13.4. The van der Waals surface area contributed by atoms with Crippen molar-refractivity contribution >= 4 is 21.8 Å². The summed E-state index contributed by atoms with van der Waals surface area (Å²) < 4.78 is 5.43. The Morgan fingerprint density at radius 2 is 2.50 bits per heavy atom. The molecule has 0 aliphatic carbocycles. The van der Waals surface area contributed by atoms with Crippen LogP contribution in [-0.4, -0.2) is 35.1 Å². The molecular formula is C9H10BrNO3. The fourth-order valence-corrected chi connectivity index (χ4v) is 1.95. The Bertz CT molecular complexity index is 350. The number of β-amino-alcohol motifs (C(OH)–C–C–N with tert-alkyl or cyclic N) is 1. The Balaban J connectivity index is 2.13. The lowest BCUT2D eigenvalue weighted by Gasteiger charge is -2.14. The molecule has 0 aromatic carbocycles. The standard InChI is InChI=1S/C9H10BrNO3/c10-8-7(2-4-14-8)9(13)11-3-1-6(12)5-11/h2,4,6,12H,1,3,5H2. The number of hydrogen-bond acceptors (Lipinski definition) is 3. The van der Waals surface area contributed by atoms with Crippen LogP contribution in [0.4, 0.5) is 0 Å². The van der Waals surface area contributed by atoms with Crippen molar-refractivity contribution in [2.75, 3.05) is 13.1 Å². The number of amides is 1. The maximum absolute atomic E-state index is 11.8. The van der Waals surface area contributed by atoms with Gasteiger partial charge in [-0.25, -0.2) is 0 Å². The van der Waals surface area contributed by atoms with E-state index in [1.54, 1.807) is 11.0 Å². The first-order valence-electron chi connectivity index (χ1n) is 4.39. The van der Waals surface area contributed by atoms with Crippen molar-refractivity contribution in [2.24, 2.45) is 0 Å². The van der Waals surface area contributed by atoms with Crippen LogP contribution in [0.5, 0.6) is 0 Å². The molecule has 1 fully saturated rings. The highest BCUT2D eigenvalue weighted by Crippen LogP contribution is 2.21. The number of hydrogen-bond donors (Lipinski definition) is 1. The minimum atomic E-state index is -0.385. The van der Waals surface area contributed by atoms with Gasteiger partial charge in [0.2, 0.25) is 0 Å². The number of likely N-dealkylation sites (tertiary alicyclic amines) is 1. The zero-order chi connectivity index (χ0) is 10.1. The lowest BCUT2D eigenvalue weighted by molar-refractivity contribution is 0.0763. The van der Waals surface area contributed by atoms with Gasteiger partial charge in [-0.1, -0.05) is 0 Å². The average Bonchev–Trinajstić information content (AvgIpc) is 2.73. The second-order valence-corrected chi connectivity index (χ2v) is 4.02. The largest absolute Gasteiger partial charge is 0.457 e. The third kappa shape index (κ3) is 1.69. The Kier molecular flexibility index (Phi) is 2.60. The number of nitrogens with zero attached hydrogens (tertiary/aromatic N) is 1. The molecule has 0 bridgehead atoms. The Labute approximate surface area is 89.6 Å².